The maximum absolute atomic E-state index is 6.45. The zero-order valence-corrected chi connectivity index (χ0v) is 12.4. The molecular weight excluding hydrogens is 236 g/mol. The number of hydrogen-bond donors (Lipinski definition) is 1. The summed E-state index contributed by atoms with van der Waals surface area (Å²) in [7, 11) is 0. The van der Waals surface area contributed by atoms with E-state index >= 15 is 0 Å². The molecule has 0 saturated carbocycles. The van der Waals surface area contributed by atoms with Crippen LogP contribution in [0.1, 0.15) is 36.1 Å². The molecule has 1 aromatic rings. The summed E-state index contributed by atoms with van der Waals surface area (Å²) in [6, 6.07) is 6.45. The minimum absolute atomic E-state index is 0.0282. The first kappa shape index (κ1) is 14.5. The number of nitrogens with zero attached hydrogens (tertiary/aromatic N) is 1. The average Bonchev–Trinajstić information content (AvgIpc) is 2.41. The van der Waals surface area contributed by atoms with Gasteiger partial charge in [0.25, 0.3) is 0 Å². The Kier molecular flexibility index (Phi) is 4.97. The summed E-state index contributed by atoms with van der Waals surface area (Å²) in [6.45, 7) is 10.4. The zero-order chi connectivity index (χ0) is 13.8. The molecule has 1 saturated heterocycles. The van der Waals surface area contributed by atoms with Gasteiger partial charge < -0.3 is 10.5 Å². The largest absolute Gasteiger partial charge is 0.374 e. The second kappa shape index (κ2) is 6.51. The van der Waals surface area contributed by atoms with Gasteiger partial charge in [0.2, 0.25) is 0 Å². The normalized spacial score (nSPS) is 22.4. The predicted molar refractivity (Wildman–Crippen MR) is 79.3 cm³/mol. The Balaban J connectivity index is 2.10. The van der Waals surface area contributed by atoms with Crippen LogP contribution in [0, 0.1) is 13.8 Å². The Labute approximate surface area is 116 Å². The lowest BCUT2D eigenvalue weighted by atomic mass is 9.95. The molecule has 2 N–H and O–H groups in total. The van der Waals surface area contributed by atoms with Crippen LogP contribution in [0.3, 0.4) is 0 Å². The molecule has 3 nitrogen and oxygen atoms in total. The summed E-state index contributed by atoms with van der Waals surface area (Å²) in [5.41, 5.74) is 10.2. The highest BCUT2D eigenvalue weighted by Gasteiger charge is 2.27. The van der Waals surface area contributed by atoms with E-state index in [9.17, 15) is 0 Å². The fourth-order valence-corrected chi connectivity index (χ4v) is 2.79. The molecule has 1 aromatic carbocycles. The van der Waals surface area contributed by atoms with Crippen molar-refractivity contribution in [2.75, 3.05) is 26.2 Å². The molecule has 2 atom stereocenters. The molecular formula is C16H26N2O. The minimum atomic E-state index is -0.0282. The molecule has 1 heterocycles. The molecule has 0 bridgehead atoms. The predicted octanol–water partition coefficient (Wildman–Crippen LogP) is 2.41. The van der Waals surface area contributed by atoms with Crippen LogP contribution in [-0.2, 0) is 4.74 Å². The summed E-state index contributed by atoms with van der Waals surface area (Å²) in [6.07, 6.45) is 1.30. The van der Waals surface area contributed by atoms with Crippen LogP contribution < -0.4 is 5.73 Å². The van der Waals surface area contributed by atoms with Crippen molar-refractivity contribution >= 4 is 0 Å². The average molecular weight is 262 g/mol. The Morgan fingerprint density at radius 1 is 1.42 bits per heavy atom. The third-order valence-corrected chi connectivity index (χ3v) is 3.91. The lowest BCUT2D eigenvalue weighted by Gasteiger charge is -2.36. The molecule has 1 aliphatic rings. The molecule has 19 heavy (non-hydrogen) atoms. The van der Waals surface area contributed by atoms with Crippen molar-refractivity contribution in [2.45, 2.75) is 39.3 Å². The number of rotatable bonds is 4. The van der Waals surface area contributed by atoms with Gasteiger partial charge in [-0.2, -0.15) is 0 Å². The Hall–Kier alpha value is -0.900. The highest BCUT2D eigenvalue weighted by molar-refractivity contribution is 5.33. The maximum Gasteiger partial charge on any atom is 0.0894 e. The summed E-state index contributed by atoms with van der Waals surface area (Å²) in [5.74, 6) is 0. The minimum Gasteiger partial charge on any atom is -0.374 e. The number of hydrogen-bond acceptors (Lipinski definition) is 3. The Morgan fingerprint density at radius 3 is 2.95 bits per heavy atom. The van der Waals surface area contributed by atoms with Gasteiger partial charge in [-0.05, 0) is 37.9 Å². The van der Waals surface area contributed by atoms with Crippen molar-refractivity contribution in [3.8, 4) is 0 Å². The first-order valence-corrected chi connectivity index (χ1v) is 7.28. The smallest absolute Gasteiger partial charge is 0.0894 e. The number of morpholine rings is 1. The van der Waals surface area contributed by atoms with Gasteiger partial charge in [-0.15, -0.1) is 0 Å². The molecule has 0 radical (unpaired) electrons. The molecule has 0 aromatic heterocycles. The number of aryl methyl sites for hydroxylation is 2. The van der Waals surface area contributed by atoms with Crippen molar-refractivity contribution < 1.29 is 4.74 Å². The van der Waals surface area contributed by atoms with Crippen molar-refractivity contribution in [1.29, 1.82) is 0 Å². The number of ether oxygens (including phenoxy) is 1. The lowest BCUT2D eigenvalue weighted by molar-refractivity contribution is -0.0408. The fourth-order valence-electron chi connectivity index (χ4n) is 2.79. The van der Waals surface area contributed by atoms with Gasteiger partial charge >= 0.3 is 0 Å². The van der Waals surface area contributed by atoms with Crippen molar-refractivity contribution in [1.82, 2.24) is 4.90 Å². The molecule has 0 amide bonds. The van der Waals surface area contributed by atoms with E-state index in [1.165, 1.54) is 23.1 Å². The van der Waals surface area contributed by atoms with Crippen LogP contribution in [0.2, 0.25) is 0 Å². The Morgan fingerprint density at radius 2 is 2.21 bits per heavy atom. The maximum atomic E-state index is 6.45. The van der Waals surface area contributed by atoms with E-state index in [-0.39, 0.29) is 12.1 Å². The monoisotopic (exact) mass is 262 g/mol. The third kappa shape index (κ3) is 3.56. The first-order valence-electron chi connectivity index (χ1n) is 7.28. The molecule has 0 aliphatic carbocycles. The molecule has 2 unspecified atom stereocenters. The van der Waals surface area contributed by atoms with E-state index in [1.807, 2.05) is 0 Å². The van der Waals surface area contributed by atoms with Gasteiger partial charge in [-0.25, -0.2) is 0 Å². The highest BCUT2D eigenvalue weighted by Crippen LogP contribution is 2.24. The number of benzene rings is 1. The summed E-state index contributed by atoms with van der Waals surface area (Å²) in [5, 5.41) is 0. The van der Waals surface area contributed by atoms with Crippen LogP contribution in [0.5, 0.6) is 0 Å². The topological polar surface area (TPSA) is 38.5 Å². The standard InChI is InChI=1S/C16H26N2O/c1-4-7-18-8-9-19-15(11-18)16(17)14-10-12(2)5-6-13(14)3/h5-6,10,15-16H,4,7-9,11,17H2,1-3H3. The van der Waals surface area contributed by atoms with E-state index < -0.39 is 0 Å². The quantitative estimate of drug-likeness (QED) is 0.905. The molecule has 106 valence electrons. The Bertz CT molecular complexity index is 417. The summed E-state index contributed by atoms with van der Waals surface area (Å²) < 4.78 is 5.90. The van der Waals surface area contributed by atoms with Gasteiger partial charge in [-0.1, -0.05) is 30.7 Å². The highest BCUT2D eigenvalue weighted by atomic mass is 16.5. The van der Waals surface area contributed by atoms with Crippen molar-refractivity contribution in [3.05, 3.63) is 34.9 Å². The van der Waals surface area contributed by atoms with Crippen molar-refractivity contribution in [2.24, 2.45) is 5.73 Å². The molecule has 2 rings (SSSR count). The molecule has 3 heteroatoms. The van der Waals surface area contributed by atoms with Gasteiger partial charge in [0.15, 0.2) is 0 Å². The molecule has 1 aliphatic heterocycles. The molecule has 1 fully saturated rings. The van der Waals surface area contributed by atoms with E-state index in [4.69, 9.17) is 10.5 Å². The van der Waals surface area contributed by atoms with E-state index in [0.29, 0.717) is 0 Å². The van der Waals surface area contributed by atoms with Gasteiger partial charge in [0.05, 0.1) is 18.8 Å². The third-order valence-electron chi connectivity index (χ3n) is 3.91. The van der Waals surface area contributed by atoms with E-state index in [1.54, 1.807) is 0 Å². The van der Waals surface area contributed by atoms with Crippen molar-refractivity contribution in [3.63, 3.8) is 0 Å². The van der Waals surface area contributed by atoms with Crippen LogP contribution >= 0.6 is 0 Å². The zero-order valence-electron chi connectivity index (χ0n) is 12.4. The van der Waals surface area contributed by atoms with Crippen LogP contribution in [0.4, 0.5) is 0 Å². The summed E-state index contributed by atoms with van der Waals surface area (Å²) >= 11 is 0. The summed E-state index contributed by atoms with van der Waals surface area (Å²) in [4.78, 5) is 2.46. The number of nitrogens with two attached hydrogens (primary N) is 1. The SMILES string of the molecule is CCCN1CCOC(C(N)c2cc(C)ccc2C)C1. The lowest BCUT2D eigenvalue weighted by Crippen LogP contribution is -2.47. The van der Waals surface area contributed by atoms with Crippen LogP contribution in [-0.4, -0.2) is 37.2 Å². The van der Waals surface area contributed by atoms with Crippen LogP contribution in [0.15, 0.2) is 18.2 Å². The van der Waals surface area contributed by atoms with Gasteiger partial charge in [0.1, 0.15) is 0 Å². The second-order valence-electron chi connectivity index (χ2n) is 5.60. The van der Waals surface area contributed by atoms with E-state index in [2.05, 4.69) is 43.9 Å². The molecule has 0 spiro atoms. The van der Waals surface area contributed by atoms with Crippen LogP contribution in [0.25, 0.3) is 0 Å². The van der Waals surface area contributed by atoms with E-state index in [0.717, 1.165) is 26.2 Å². The fraction of sp³-hybridized carbons (Fsp3) is 0.625. The second-order valence-corrected chi connectivity index (χ2v) is 5.60. The first-order chi connectivity index (χ1) is 9.11. The van der Waals surface area contributed by atoms with Gasteiger partial charge in [0, 0.05) is 13.1 Å². The van der Waals surface area contributed by atoms with Gasteiger partial charge in [-0.3, -0.25) is 4.90 Å².